The number of carbonyl (C=O) groups excluding carboxylic acids is 1. The van der Waals surface area contributed by atoms with E-state index in [-0.39, 0.29) is 18.6 Å². The number of carbonyl (C=O) groups is 1. The Labute approximate surface area is 246 Å². The van der Waals surface area contributed by atoms with E-state index in [1.54, 1.807) is 19.1 Å². The van der Waals surface area contributed by atoms with Crippen molar-refractivity contribution in [1.82, 2.24) is 4.90 Å². The van der Waals surface area contributed by atoms with Gasteiger partial charge >= 0.3 is 6.18 Å². The Hall–Kier alpha value is -1.58. The molecule has 0 radical (unpaired) electrons. The van der Waals surface area contributed by atoms with E-state index in [9.17, 15) is 23.1 Å². The maximum absolute atomic E-state index is 13.5. The molecule has 40 heavy (non-hydrogen) atoms. The normalized spacial score (nSPS) is 17.5. The maximum Gasteiger partial charge on any atom is 0.416 e. The highest BCUT2D eigenvalue weighted by Crippen LogP contribution is 2.46. The van der Waals surface area contributed by atoms with E-state index in [1.165, 1.54) is 12.1 Å². The summed E-state index contributed by atoms with van der Waals surface area (Å²) in [5.74, 6) is 0.269. The molecule has 0 bridgehead atoms. The second-order valence-corrected chi connectivity index (χ2v) is 18.1. The molecule has 0 spiro atoms. The number of aliphatic hydroxyl groups is 1. The van der Waals surface area contributed by atoms with Gasteiger partial charge in [-0.3, -0.25) is 9.69 Å². The summed E-state index contributed by atoms with van der Waals surface area (Å²) in [6, 6.07) is 7.36. The number of hydrogen-bond acceptors (Lipinski definition) is 4. The summed E-state index contributed by atoms with van der Waals surface area (Å²) in [7, 11) is -2.32. The first kappa shape index (κ1) is 32.9. The summed E-state index contributed by atoms with van der Waals surface area (Å²) in [5.41, 5.74) is -0.226. The standard InChI is InChI=1S/C30H40Cl2F3NO3Si/c1-18(2)40(19(3)4,20(5)6)39-28-25(31)16-22(17-26(28)32)27(37)21(7)36-14-12-29(38,13-15-36)23-8-10-24(11-9-23)30(33,34)35/h8-11,16-21,38H,12-15H2,1-7H3. The number of halogens is 5. The van der Waals surface area contributed by atoms with Crippen LogP contribution in [-0.2, 0) is 11.8 Å². The van der Waals surface area contributed by atoms with Gasteiger partial charge in [-0.15, -0.1) is 0 Å². The van der Waals surface area contributed by atoms with Crippen LogP contribution in [0.4, 0.5) is 13.2 Å². The zero-order valence-corrected chi connectivity index (χ0v) is 26.7. The first-order valence-corrected chi connectivity index (χ1v) is 16.7. The molecule has 0 saturated carbocycles. The molecule has 1 atom stereocenters. The van der Waals surface area contributed by atoms with Gasteiger partial charge in [0.05, 0.1) is 27.3 Å². The van der Waals surface area contributed by atoms with Crippen LogP contribution in [0.2, 0.25) is 26.7 Å². The molecule has 2 aromatic rings. The molecule has 1 unspecified atom stereocenters. The van der Waals surface area contributed by atoms with Crippen LogP contribution in [0.25, 0.3) is 0 Å². The van der Waals surface area contributed by atoms with Gasteiger partial charge in [0, 0.05) is 18.7 Å². The second kappa shape index (κ2) is 12.3. The van der Waals surface area contributed by atoms with Crippen molar-refractivity contribution in [3.05, 3.63) is 63.1 Å². The molecule has 0 aromatic heterocycles. The predicted molar refractivity (Wildman–Crippen MR) is 158 cm³/mol. The average molecular weight is 619 g/mol. The van der Waals surface area contributed by atoms with Gasteiger partial charge in [0.15, 0.2) is 5.78 Å². The van der Waals surface area contributed by atoms with E-state index >= 15 is 0 Å². The fourth-order valence-corrected chi connectivity index (χ4v) is 12.3. The van der Waals surface area contributed by atoms with Crippen molar-refractivity contribution >= 4 is 37.3 Å². The highest BCUT2D eigenvalue weighted by Gasteiger charge is 2.47. The third-order valence-corrected chi connectivity index (χ3v) is 15.1. The van der Waals surface area contributed by atoms with Gasteiger partial charge in [-0.05, 0) is 66.2 Å². The van der Waals surface area contributed by atoms with Crippen molar-refractivity contribution in [2.75, 3.05) is 13.1 Å². The highest BCUT2D eigenvalue weighted by atomic mass is 35.5. The van der Waals surface area contributed by atoms with Crippen molar-refractivity contribution in [2.24, 2.45) is 0 Å². The van der Waals surface area contributed by atoms with Crippen LogP contribution in [0.1, 0.15) is 82.8 Å². The van der Waals surface area contributed by atoms with E-state index in [2.05, 4.69) is 41.5 Å². The van der Waals surface area contributed by atoms with Crippen molar-refractivity contribution in [1.29, 1.82) is 0 Å². The topological polar surface area (TPSA) is 49.8 Å². The second-order valence-electron chi connectivity index (χ2n) is 11.9. The van der Waals surface area contributed by atoms with Crippen LogP contribution < -0.4 is 4.43 Å². The minimum absolute atomic E-state index is 0.157. The molecule has 1 fully saturated rings. The number of hydrogen-bond donors (Lipinski definition) is 1. The van der Waals surface area contributed by atoms with Gasteiger partial charge in [-0.2, -0.15) is 13.2 Å². The molecule has 1 heterocycles. The SMILES string of the molecule is CC(C(=O)c1cc(Cl)c(O[Si](C(C)C)(C(C)C)C(C)C)c(Cl)c1)N1CCC(O)(c2ccc(C(F)(F)F)cc2)CC1. The summed E-state index contributed by atoms with van der Waals surface area (Å²) in [4.78, 5) is 15.4. The fraction of sp³-hybridized carbons (Fsp3) is 0.567. The Morgan fingerprint density at radius 1 is 0.925 bits per heavy atom. The van der Waals surface area contributed by atoms with Crippen molar-refractivity contribution in [3.63, 3.8) is 0 Å². The number of rotatable bonds is 9. The van der Waals surface area contributed by atoms with Gasteiger partial charge in [0.25, 0.3) is 8.32 Å². The zero-order chi connectivity index (χ0) is 30.2. The molecular weight excluding hydrogens is 578 g/mol. The van der Waals surface area contributed by atoms with E-state index in [0.29, 0.717) is 56.6 Å². The van der Waals surface area contributed by atoms with Crippen molar-refractivity contribution < 1.29 is 27.5 Å². The van der Waals surface area contributed by atoms with E-state index in [1.807, 2.05) is 4.90 Å². The van der Waals surface area contributed by atoms with E-state index in [4.69, 9.17) is 27.6 Å². The maximum atomic E-state index is 13.5. The number of benzene rings is 2. The number of piperidine rings is 1. The monoisotopic (exact) mass is 617 g/mol. The van der Waals surface area contributed by atoms with Gasteiger partial charge in [-0.25, -0.2) is 0 Å². The third-order valence-electron chi connectivity index (χ3n) is 8.57. The smallest absolute Gasteiger partial charge is 0.416 e. The number of nitrogens with zero attached hydrogens (tertiary/aromatic N) is 1. The summed E-state index contributed by atoms with van der Waals surface area (Å²) in [5, 5.41) is 11.8. The predicted octanol–water partition coefficient (Wildman–Crippen LogP) is 9.12. The largest absolute Gasteiger partial charge is 0.541 e. The Morgan fingerprint density at radius 2 is 1.38 bits per heavy atom. The van der Waals surface area contributed by atoms with Crippen LogP contribution >= 0.6 is 23.2 Å². The number of alkyl halides is 3. The van der Waals surface area contributed by atoms with Crippen molar-refractivity contribution in [2.45, 2.75) is 95.8 Å². The zero-order valence-electron chi connectivity index (χ0n) is 24.2. The summed E-state index contributed by atoms with van der Waals surface area (Å²) >= 11 is 13.4. The Balaban J connectivity index is 1.75. The number of Topliss-reactive ketones (excluding diaryl/α,β-unsaturated/α-hetero) is 1. The summed E-state index contributed by atoms with van der Waals surface area (Å²) in [6.07, 6.45) is -3.86. The minimum atomic E-state index is -4.43. The number of likely N-dealkylation sites (tertiary alicyclic amines) is 1. The Kier molecular flexibility index (Phi) is 10.2. The molecular formula is C30H40Cl2F3NO3Si. The van der Waals surface area contributed by atoms with Gasteiger partial charge in [-0.1, -0.05) is 76.9 Å². The lowest BCUT2D eigenvalue weighted by molar-refractivity contribution is -0.137. The van der Waals surface area contributed by atoms with Crippen LogP contribution in [0.5, 0.6) is 5.75 Å². The average Bonchev–Trinajstić information content (AvgIpc) is 2.86. The molecule has 1 aliphatic heterocycles. The summed E-state index contributed by atoms with van der Waals surface area (Å²) < 4.78 is 45.5. The third kappa shape index (κ3) is 6.56. The molecule has 2 aromatic carbocycles. The minimum Gasteiger partial charge on any atom is -0.541 e. The highest BCUT2D eigenvalue weighted by molar-refractivity contribution is 6.78. The first-order chi connectivity index (χ1) is 18.4. The Morgan fingerprint density at radius 3 is 1.77 bits per heavy atom. The molecule has 1 N–H and O–H groups in total. The van der Waals surface area contributed by atoms with Crippen LogP contribution in [0, 0.1) is 0 Å². The molecule has 1 aliphatic rings. The lowest BCUT2D eigenvalue weighted by Gasteiger charge is -2.42. The number of ketones is 1. The lowest BCUT2D eigenvalue weighted by Crippen LogP contribution is -2.50. The molecule has 0 amide bonds. The summed E-state index contributed by atoms with van der Waals surface area (Å²) in [6.45, 7) is 15.6. The van der Waals surface area contributed by atoms with Crippen LogP contribution in [0.15, 0.2) is 36.4 Å². The Bertz CT molecular complexity index is 1150. The first-order valence-electron chi connectivity index (χ1n) is 13.8. The van der Waals surface area contributed by atoms with E-state index in [0.717, 1.165) is 12.1 Å². The van der Waals surface area contributed by atoms with Crippen LogP contribution in [0.3, 0.4) is 0 Å². The van der Waals surface area contributed by atoms with Gasteiger partial charge in [0.1, 0.15) is 5.75 Å². The van der Waals surface area contributed by atoms with E-state index < -0.39 is 31.7 Å². The molecule has 10 heteroatoms. The molecule has 0 aliphatic carbocycles. The van der Waals surface area contributed by atoms with Crippen LogP contribution in [-0.4, -0.2) is 43.2 Å². The molecule has 1 saturated heterocycles. The van der Waals surface area contributed by atoms with Gasteiger partial charge < -0.3 is 9.53 Å². The van der Waals surface area contributed by atoms with Gasteiger partial charge in [0.2, 0.25) is 0 Å². The molecule has 222 valence electrons. The molecule has 4 nitrogen and oxygen atoms in total. The quantitative estimate of drug-likeness (QED) is 0.225. The molecule has 3 rings (SSSR count). The lowest BCUT2D eigenvalue weighted by atomic mass is 9.83. The fourth-order valence-electron chi connectivity index (χ4n) is 6.28. The van der Waals surface area contributed by atoms with Crippen molar-refractivity contribution in [3.8, 4) is 5.75 Å².